The van der Waals surface area contributed by atoms with Crippen molar-refractivity contribution in [3.05, 3.63) is 48.0 Å². The van der Waals surface area contributed by atoms with Crippen LogP contribution < -0.4 is 14.5 Å². The van der Waals surface area contributed by atoms with Crippen molar-refractivity contribution < 1.29 is 4.74 Å². The van der Waals surface area contributed by atoms with Crippen molar-refractivity contribution in [2.24, 2.45) is 0 Å². The van der Waals surface area contributed by atoms with E-state index in [1.807, 2.05) is 0 Å². The summed E-state index contributed by atoms with van der Waals surface area (Å²) in [5.74, 6) is 1.000. The van der Waals surface area contributed by atoms with Crippen molar-refractivity contribution in [2.45, 2.75) is 39.2 Å². The summed E-state index contributed by atoms with van der Waals surface area (Å²) in [5, 5.41) is 0. The van der Waals surface area contributed by atoms with Gasteiger partial charge in [-0.1, -0.05) is 19.1 Å². The van der Waals surface area contributed by atoms with Crippen LogP contribution in [0.25, 0.3) is 0 Å². The summed E-state index contributed by atoms with van der Waals surface area (Å²) in [7, 11) is 0. The number of anilines is 3. The molecule has 4 rings (SSSR count). The number of ether oxygens (including phenoxy) is 1. The van der Waals surface area contributed by atoms with Crippen LogP contribution in [0.15, 0.2) is 42.5 Å². The summed E-state index contributed by atoms with van der Waals surface area (Å²) in [6.45, 7) is 9.73. The minimum absolute atomic E-state index is 0.202. The SMILES string of the molecule is CCc1ccc2c(c1)OC(C)(C)CN2c1cccc(N2CCC2)c1. The van der Waals surface area contributed by atoms with Gasteiger partial charge in [0, 0.05) is 24.5 Å². The predicted octanol–water partition coefficient (Wildman–Crippen LogP) is 4.77. The van der Waals surface area contributed by atoms with Gasteiger partial charge in [-0.25, -0.2) is 0 Å². The lowest BCUT2D eigenvalue weighted by Gasteiger charge is -2.41. The largest absolute Gasteiger partial charge is 0.484 e. The minimum Gasteiger partial charge on any atom is -0.484 e. The van der Waals surface area contributed by atoms with E-state index in [9.17, 15) is 0 Å². The molecule has 2 aromatic carbocycles. The normalized spacial score (nSPS) is 18.6. The maximum Gasteiger partial charge on any atom is 0.144 e. The maximum atomic E-state index is 6.27. The molecule has 0 radical (unpaired) electrons. The van der Waals surface area contributed by atoms with Crippen LogP contribution in [-0.2, 0) is 6.42 Å². The number of nitrogens with zero attached hydrogens (tertiary/aromatic N) is 2. The highest BCUT2D eigenvalue weighted by Gasteiger charge is 2.32. The fourth-order valence-electron chi connectivity index (χ4n) is 3.54. The molecule has 3 heteroatoms. The van der Waals surface area contributed by atoms with Crippen molar-refractivity contribution in [1.29, 1.82) is 0 Å². The lowest BCUT2D eigenvalue weighted by molar-refractivity contribution is 0.109. The molecule has 0 unspecified atom stereocenters. The van der Waals surface area contributed by atoms with E-state index in [0.29, 0.717) is 0 Å². The summed E-state index contributed by atoms with van der Waals surface area (Å²) in [6.07, 6.45) is 2.33. The Labute approximate surface area is 144 Å². The van der Waals surface area contributed by atoms with Crippen molar-refractivity contribution in [2.75, 3.05) is 29.4 Å². The van der Waals surface area contributed by atoms with Crippen molar-refractivity contribution >= 4 is 17.1 Å². The van der Waals surface area contributed by atoms with Gasteiger partial charge >= 0.3 is 0 Å². The zero-order chi connectivity index (χ0) is 16.7. The smallest absolute Gasteiger partial charge is 0.144 e. The Morgan fingerprint density at radius 2 is 1.83 bits per heavy atom. The number of fused-ring (bicyclic) bond motifs is 1. The van der Waals surface area contributed by atoms with E-state index in [1.54, 1.807) is 0 Å². The van der Waals surface area contributed by atoms with Gasteiger partial charge < -0.3 is 14.5 Å². The van der Waals surface area contributed by atoms with Gasteiger partial charge in [0.15, 0.2) is 0 Å². The summed E-state index contributed by atoms with van der Waals surface area (Å²) in [5.41, 5.74) is 4.87. The van der Waals surface area contributed by atoms with E-state index in [1.165, 1.54) is 42.1 Å². The minimum atomic E-state index is -0.202. The molecule has 2 heterocycles. The number of rotatable bonds is 3. The zero-order valence-electron chi connectivity index (χ0n) is 14.9. The third kappa shape index (κ3) is 2.72. The summed E-state index contributed by atoms with van der Waals surface area (Å²) >= 11 is 0. The second-order valence-electron chi connectivity index (χ2n) is 7.46. The van der Waals surface area contributed by atoms with E-state index in [0.717, 1.165) is 18.7 Å². The highest BCUT2D eigenvalue weighted by Crippen LogP contribution is 2.42. The lowest BCUT2D eigenvalue weighted by atomic mass is 10.0. The Balaban J connectivity index is 1.75. The van der Waals surface area contributed by atoms with Crippen molar-refractivity contribution in [3.8, 4) is 5.75 Å². The van der Waals surface area contributed by atoms with Gasteiger partial charge in [0.25, 0.3) is 0 Å². The fourth-order valence-corrected chi connectivity index (χ4v) is 3.54. The molecule has 1 fully saturated rings. The van der Waals surface area contributed by atoms with Gasteiger partial charge in [-0.2, -0.15) is 0 Å². The van der Waals surface area contributed by atoms with E-state index in [2.05, 4.69) is 73.0 Å². The Kier molecular flexibility index (Phi) is 3.67. The Morgan fingerprint density at radius 1 is 1.04 bits per heavy atom. The molecule has 0 saturated carbocycles. The fraction of sp³-hybridized carbons (Fsp3) is 0.429. The molecule has 0 atom stereocenters. The second-order valence-corrected chi connectivity index (χ2v) is 7.46. The summed E-state index contributed by atoms with van der Waals surface area (Å²) in [4.78, 5) is 4.84. The van der Waals surface area contributed by atoms with Gasteiger partial charge in [-0.05, 0) is 62.6 Å². The van der Waals surface area contributed by atoms with Gasteiger partial charge in [0.05, 0.1) is 12.2 Å². The standard InChI is InChI=1S/C21H26N2O/c1-4-16-9-10-19-20(13-16)24-21(2,3)15-23(19)18-8-5-7-17(14-18)22-11-6-12-22/h5,7-10,13-14H,4,6,11-12,15H2,1-3H3. The molecule has 2 aliphatic heterocycles. The number of hydrogen-bond donors (Lipinski definition) is 0. The molecule has 126 valence electrons. The van der Waals surface area contributed by atoms with E-state index >= 15 is 0 Å². The Hall–Kier alpha value is -2.16. The predicted molar refractivity (Wildman–Crippen MR) is 101 cm³/mol. The van der Waals surface area contributed by atoms with Crippen molar-refractivity contribution in [1.82, 2.24) is 0 Å². The quantitative estimate of drug-likeness (QED) is 0.809. The van der Waals surface area contributed by atoms with Crippen LogP contribution in [-0.4, -0.2) is 25.2 Å². The van der Waals surface area contributed by atoms with Crippen molar-refractivity contribution in [3.63, 3.8) is 0 Å². The van der Waals surface area contributed by atoms with Gasteiger partial charge in [0.1, 0.15) is 11.4 Å². The summed E-state index contributed by atoms with van der Waals surface area (Å²) < 4.78 is 6.27. The third-order valence-corrected chi connectivity index (χ3v) is 5.01. The van der Waals surface area contributed by atoms with Crippen LogP contribution in [0, 0.1) is 0 Å². The highest BCUT2D eigenvalue weighted by atomic mass is 16.5. The molecule has 0 aliphatic carbocycles. The molecule has 24 heavy (non-hydrogen) atoms. The van der Waals surface area contributed by atoms with E-state index < -0.39 is 0 Å². The average Bonchev–Trinajstić information content (AvgIpc) is 2.51. The first-order valence-electron chi connectivity index (χ1n) is 9.00. The van der Waals surface area contributed by atoms with Crippen LogP contribution in [0.3, 0.4) is 0 Å². The summed E-state index contributed by atoms with van der Waals surface area (Å²) in [6, 6.07) is 15.5. The first-order valence-corrected chi connectivity index (χ1v) is 9.00. The van der Waals surface area contributed by atoms with Crippen LogP contribution in [0.4, 0.5) is 17.1 Å². The molecule has 1 saturated heterocycles. The molecule has 0 amide bonds. The van der Waals surface area contributed by atoms with Gasteiger partial charge in [-0.3, -0.25) is 0 Å². The Morgan fingerprint density at radius 3 is 2.54 bits per heavy atom. The molecular formula is C21H26N2O. The van der Waals surface area contributed by atoms with Crippen LogP contribution >= 0.6 is 0 Å². The number of benzene rings is 2. The molecular weight excluding hydrogens is 296 g/mol. The van der Waals surface area contributed by atoms with Crippen LogP contribution in [0.5, 0.6) is 5.75 Å². The van der Waals surface area contributed by atoms with Gasteiger partial charge in [0.2, 0.25) is 0 Å². The molecule has 0 spiro atoms. The van der Waals surface area contributed by atoms with Gasteiger partial charge in [-0.15, -0.1) is 0 Å². The van der Waals surface area contributed by atoms with Crippen LogP contribution in [0.1, 0.15) is 32.8 Å². The first-order chi connectivity index (χ1) is 11.6. The highest BCUT2D eigenvalue weighted by molar-refractivity contribution is 5.74. The molecule has 2 aromatic rings. The van der Waals surface area contributed by atoms with E-state index in [-0.39, 0.29) is 5.60 Å². The monoisotopic (exact) mass is 322 g/mol. The molecule has 3 nitrogen and oxygen atoms in total. The third-order valence-electron chi connectivity index (χ3n) is 5.01. The van der Waals surface area contributed by atoms with Crippen LogP contribution in [0.2, 0.25) is 0 Å². The molecule has 0 aromatic heterocycles. The Bertz CT molecular complexity index is 749. The first kappa shape index (κ1) is 15.4. The lowest BCUT2D eigenvalue weighted by Crippen LogP contribution is -2.45. The number of aryl methyl sites for hydroxylation is 1. The van der Waals surface area contributed by atoms with E-state index in [4.69, 9.17) is 4.74 Å². The zero-order valence-corrected chi connectivity index (χ0v) is 14.9. The second kappa shape index (κ2) is 5.73. The molecule has 2 aliphatic rings. The molecule has 0 N–H and O–H groups in total. The molecule has 0 bridgehead atoms. The maximum absolute atomic E-state index is 6.27. The average molecular weight is 322 g/mol. The number of hydrogen-bond acceptors (Lipinski definition) is 3. The topological polar surface area (TPSA) is 15.7 Å².